The molecule has 43 heavy (non-hydrogen) atoms. The Hall–Kier alpha value is -3.97. The number of fused-ring (bicyclic) bond motifs is 2. The van der Waals surface area contributed by atoms with E-state index in [4.69, 9.17) is 28.4 Å². The number of carbonyl (C=O) groups is 1. The third kappa shape index (κ3) is 6.99. The Morgan fingerprint density at radius 1 is 0.744 bits per heavy atom. The summed E-state index contributed by atoms with van der Waals surface area (Å²) in [6.45, 7) is -0.652. The van der Waals surface area contributed by atoms with Crippen LogP contribution >= 0.6 is 0 Å². The van der Waals surface area contributed by atoms with Crippen molar-refractivity contribution in [2.45, 2.75) is 36.8 Å². The predicted octanol–water partition coefficient (Wildman–Crippen LogP) is 2.43. The second-order valence-electron chi connectivity index (χ2n) is 10.2. The molecule has 11 heteroatoms. The number of hydrogen-bond acceptors (Lipinski definition) is 11. The molecule has 0 amide bonds. The maximum Gasteiger partial charge on any atom is 0.337 e. The van der Waals surface area contributed by atoms with Crippen LogP contribution in [-0.4, -0.2) is 97.2 Å². The minimum Gasteiger partial charge on any atom is -0.497 e. The van der Waals surface area contributed by atoms with Gasteiger partial charge in [0.1, 0.15) is 61.0 Å². The topological polar surface area (TPSA) is 153 Å². The first-order valence-corrected chi connectivity index (χ1v) is 13.7. The van der Waals surface area contributed by atoms with Crippen molar-refractivity contribution < 1.29 is 53.6 Å². The van der Waals surface area contributed by atoms with Crippen LogP contribution in [0.25, 0.3) is 21.5 Å². The first kappa shape index (κ1) is 30.5. The maximum atomic E-state index is 11.9. The number of aliphatic hydroxyl groups is 4. The number of rotatable bonds is 11. The summed E-state index contributed by atoms with van der Waals surface area (Å²) in [7, 11) is 2.92. The summed E-state index contributed by atoms with van der Waals surface area (Å²) in [6, 6.07) is 21.8. The average Bonchev–Trinajstić information content (AvgIpc) is 3.04. The van der Waals surface area contributed by atoms with Crippen molar-refractivity contribution in [2.75, 3.05) is 34.0 Å². The fourth-order valence-electron chi connectivity index (χ4n) is 4.85. The van der Waals surface area contributed by atoms with Gasteiger partial charge in [-0.2, -0.15) is 0 Å². The van der Waals surface area contributed by atoms with Gasteiger partial charge in [0, 0.05) is 0 Å². The molecule has 0 radical (unpaired) electrons. The van der Waals surface area contributed by atoms with Gasteiger partial charge in [0.15, 0.2) is 6.29 Å². The number of aliphatic hydroxyl groups excluding tert-OH is 4. The van der Waals surface area contributed by atoms with E-state index in [0.717, 1.165) is 21.5 Å². The molecule has 1 aliphatic heterocycles. The van der Waals surface area contributed by atoms with Crippen LogP contribution in [0.5, 0.6) is 17.2 Å². The van der Waals surface area contributed by atoms with Gasteiger partial charge in [-0.25, -0.2) is 4.79 Å². The summed E-state index contributed by atoms with van der Waals surface area (Å²) in [5.74, 6) is 1.34. The highest BCUT2D eigenvalue weighted by molar-refractivity contribution is 5.95. The highest BCUT2D eigenvalue weighted by Crippen LogP contribution is 2.27. The molecule has 0 spiro atoms. The predicted molar refractivity (Wildman–Crippen MR) is 155 cm³/mol. The average molecular weight is 595 g/mol. The first-order chi connectivity index (χ1) is 20.8. The largest absolute Gasteiger partial charge is 0.497 e. The molecule has 228 valence electrons. The maximum absolute atomic E-state index is 11.9. The van der Waals surface area contributed by atoms with Gasteiger partial charge < -0.3 is 48.8 Å². The van der Waals surface area contributed by atoms with Crippen LogP contribution < -0.4 is 14.2 Å². The molecule has 1 aliphatic rings. The molecule has 1 unspecified atom stereocenters. The minimum absolute atomic E-state index is 0.0272. The number of hydrogen-bond donors (Lipinski definition) is 4. The van der Waals surface area contributed by atoms with Crippen molar-refractivity contribution in [1.82, 2.24) is 0 Å². The van der Waals surface area contributed by atoms with E-state index in [0.29, 0.717) is 22.8 Å². The standard InChI is InChI=1S/C32H34O11/c1-38-23-8-5-18-6-9-25(14-22(18)13-23)41-17-26(42-32-30(36)29(35)28(34)27(15-33)43-32)16-40-24-10-7-19-11-21(31(37)39-2)4-3-20(19)12-24/h3-14,26-30,32-36H,15-17H2,1-2H3/t26?,27-,28-,29+,30+,32+/m1/s1. The van der Waals surface area contributed by atoms with Crippen LogP contribution in [0.2, 0.25) is 0 Å². The molecule has 5 rings (SSSR count). The molecule has 6 atom stereocenters. The third-order valence-electron chi connectivity index (χ3n) is 7.30. The van der Waals surface area contributed by atoms with Crippen molar-refractivity contribution in [1.29, 1.82) is 0 Å². The van der Waals surface area contributed by atoms with E-state index in [2.05, 4.69) is 0 Å². The zero-order valence-corrected chi connectivity index (χ0v) is 23.7. The Balaban J connectivity index is 1.33. The van der Waals surface area contributed by atoms with Crippen molar-refractivity contribution in [3.05, 3.63) is 78.4 Å². The fraction of sp³-hybridized carbons (Fsp3) is 0.344. The molecule has 11 nitrogen and oxygen atoms in total. The van der Waals surface area contributed by atoms with Gasteiger partial charge in [0.2, 0.25) is 0 Å². The second kappa shape index (κ2) is 13.6. The Morgan fingerprint density at radius 2 is 1.33 bits per heavy atom. The van der Waals surface area contributed by atoms with Crippen LogP contribution in [0, 0.1) is 0 Å². The molecule has 1 heterocycles. The molecule has 0 aliphatic carbocycles. The quantitative estimate of drug-likeness (QED) is 0.189. The van der Waals surface area contributed by atoms with Crippen LogP contribution in [-0.2, 0) is 14.2 Å². The van der Waals surface area contributed by atoms with Gasteiger partial charge in [-0.3, -0.25) is 0 Å². The third-order valence-corrected chi connectivity index (χ3v) is 7.30. The number of ether oxygens (including phenoxy) is 6. The van der Waals surface area contributed by atoms with E-state index in [9.17, 15) is 25.2 Å². The van der Waals surface area contributed by atoms with Crippen LogP contribution in [0.15, 0.2) is 72.8 Å². The number of esters is 1. The monoisotopic (exact) mass is 594 g/mol. The molecule has 4 aromatic rings. The molecule has 1 saturated heterocycles. The molecule has 4 N–H and O–H groups in total. The molecule has 0 saturated carbocycles. The van der Waals surface area contributed by atoms with E-state index in [1.807, 2.05) is 42.5 Å². The zero-order chi connectivity index (χ0) is 30.5. The Labute approximate surface area is 247 Å². The summed E-state index contributed by atoms with van der Waals surface area (Å²) in [6.07, 6.45) is -8.02. The van der Waals surface area contributed by atoms with Crippen molar-refractivity contribution in [3.8, 4) is 17.2 Å². The Kier molecular flexibility index (Phi) is 9.61. The van der Waals surface area contributed by atoms with Crippen molar-refractivity contribution in [3.63, 3.8) is 0 Å². The number of methoxy groups -OCH3 is 2. The lowest BCUT2D eigenvalue weighted by Gasteiger charge is -2.40. The van der Waals surface area contributed by atoms with E-state index in [-0.39, 0.29) is 13.2 Å². The summed E-state index contributed by atoms with van der Waals surface area (Å²) in [4.78, 5) is 11.9. The van der Waals surface area contributed by atoms with Gasteiger partial charge in [0.05, 0.1) is 26.4 Å². The molecule has 0 bridgehead atoms. The van der Waals surface area contributed by atoms with Crippen molar-refractivity contribution in [2.24, 2.45) is 0 Å². The lowest BCUT2D eigenvalue weighted by atomic mass is 9.99. The molecule has 4 aromatic carbocycles. The SMILES string of the molecule is COC(=O)c1ccc2cc(OCC(COc3ccc4ccc(OC)cc4c3)O[C@H]3O[C@H](CO)[C@@H](O)[C@H](O)[C@@H]3O)ccc2c1. The molecule has 1 fully saturated rings. The highest BCUT2D eigenvalue weighted by atomic mass is 16.7. The zero-order valence-electron chi connectivity index (χ0n) is 23.7. The first-order valence-electron chi connectivity index (χ1n) is 13.7. The van der Waals surface area contributed by atoms with Gasteiger partial charge >= 0.3 is 5.97 Å². The van der Waals surface area contributed by atoms with E-state index < -0.39 is 49.4 Å². The van der Waals surface area contributed by atoms with Gasteiger partial charge in [-0.15, -0.1) is 0 Å². The van der Waals surface area contributed by atoms with E-state index in [1.165, 1.54) is 7.11 Å². The fourth-order valence-corrected chi connectivity index (χ4v) is 4.85. The van der Waals surface area contributed by atoms with E-state index >= 15 is 0 Å². The van der Waals surface area contributed by atoms with E-state index in [1.54, 1.807) is 37.4 Å². The smallest absolute Gasteiger partial charge is 0.337 e. The summed E-state index contributed by atoms with van der Waals surface area (Å²) >= 11 is 0. The summed E-state index contributed by atoms with van der Waals surface area (Å²) in [5, 5.41) is 44.1. The molecule has 0 aromatic heterocycles. The Morgan fingerprint density at radius 3 is 1.98 bits per heavy atom. The van der Waals surface area contributed by atoms with Crippen LogP contribution in [0.3, 0.4) is 0 Å². The van der Waals surface area contributed by atoms with Crippen LogP contribution in [0.1, 0.15) is 10.4 Å². The van der Waals surface area contributed by atoms with Gasteiger partial charge in [0.25, 0.3) is 0 Å². The van der Waals surface area contributed by atoms with Crippen molar-refractivity contribution >= 4 is 27.5 Å². The lowest BCUT2D eigenvalue weighted by molar-refractivity contribution is -0.314. The van der Waals surface area contributed by atoms with Crippen LogP contribution in [0.4, 0.5) is 0 Å². The highest BCUT2D eigenvalue weighted by Gasteiger charge is 2.45. The van der Waals surface area contributed by atoms with Gasteiger partial charge in [-0.05, 0) is 70.1 Å². The lowest BCUT2D eigenvalue weighted by Crippen LogP contribution is -2.60. The number of benzene rings is 4. The molecular formula is C32H34O11. The second-order valence-corrected chi connectivity index (χ2v) is 10.2. The summed E-state index contributed by atoms with van der Waals surface area (Å²) in [5.41, 5.74) is 0.431. The Bertz CT molecular complexity index is 1560. The summed E-state index contributed by atoms with van der Waals surface area (Å²) < 4.78 is 33.7. The van der Waals surface area contributed by atoms with Gasteiger partial charge in [-0.1, -0.05) is 24.3 Å². The minimum atomic E-state index is -1.59. The normalized spacial score (nSPS) is 22.7. The molecular weight excluding hydrogens is 560 g/mol. The number of carbonyl (C=O) groups excluding carboxylic acids is 1.